The van der Waals surface area contributed by atoms with Gasteiger partial charge in [0.25, 0.3) is 0 Å². The van der Waals surface area contributed by atoms with Gasteiger partial charge in [0.15, 0.2) is 0 Å². The second-order valence-corrected chi connectivity index (χ2v) is 11.3. The summed E-state index contributed by atoms with van der Waals surface area (Å²) < 4.78 is 28.2. The minimum absolute atomic E-state index is 0.0747. The maximum absolute atomic E-state index is 13.2. The molecule has 0 amide bonds. The standard InChI is InChI=1S/C20H31NO3S/c1-6-20(5,22)15-7-9-17(10-8-15)25(23,24)21-14-19(4)12-16(21)11-18(2,3)13-19/h7-10,16,22H,6,11-14H2,1-5H3. The molecule has 3 atom stereocenters. The summed E-state index contributed by atoms with van der Waals surface area (Å²) in [5.41, 5.74) is 0.0863. The van der Waals surface area contributed by atoms with Gasteiger partial charge in [0.05, 0.1) is 10.5 Å². The van der Waals surface area contributed by atoms with Crippen molar-refractivity contribution in [2.24, 2.45) is 10.8 Å². The third kappa shape index (κ3) is 3.38. The van der Waals surface area contributed by atoms with Crippen LogP contribution in [0.3, 0.4) is 0 Å². The van der Waals surface area contributed by atoms with Crippen LogP contribution in [0.5, 0.6) is 0 Å². The van der Waals surface area contributed by atoms with Crippen LogP contribution >= 0.6 is 0 Å². The lowest BCUT2D eigenvalue weighted by atomic mass is 9.65. The Morgan fingerprint density at radius 2 is 1.80 bits per heavy atom. The van der Waals surface area contributed by atoms with Gasteiger partial charge < -0.3 is 5.11 Å². The van der Waals surface area contributed by atoms with Crippen molar-refractivity contribution < 1.29 is 13.5 Å². The van der Waals surface area contributed by atoms with Crippen molar-refractivity contribution in [2.75, 3.05) is 6.54 Å². The van der Waals surface area contributed by atoms with E-state index in [-0.39, 0.29) is 16.9 Å². The fourth-order valence-corrected chi connectivity index (χ4v) is 6.79. The summed E-state index contributed by atoms with van der Waals surface area (Å²) in [6.45, 7) is 11.0. The van der Waals surface area contributed by atoms with E-state index in [2.05, 4.69) is 20.8 Å². The van der Waals surface area contributed by atoms with E-state index >= 15 is 0 Å². The van der Waals surface area contributed by atoms with E-state index in [4.69, 9.17) is 0 Å². The Bertz CT molecular complexity index is 752. The zero-order valence-corrected chi connectivity index (χ0v) is 16.9. The second-order valence-electron chi connectivity index (χ2n) is 9.42. The number of sulfonamides is 1. The van der Waals surface area contributed by atoms with Gasteiger partial charge in [-0.2, -0.15) is 4.31 Å². The molecule has 1 aromatic carbocycles. The molecule has 5 heteroatoms. The quantitative estimate of drug-likeness (QED) is 0.880. The third-order valence-corrected chi connectivity index (χ3v) is 8.05. The normalized spacial score (nSPS) is 31.7. The molecule has 0 radical (unpaired) electrons. The third-order valence-electron chi connectivity index (χ3n) is 6.14. The van der Waals surface area contributed by atoms with E-state index < -0.39 is 15.6 Å². The highest BCUT2D eigenvalue weighted by Crippen LogP contribution is 2.53. The van der Waals surface area contributed by atoms with E-state index in [9.17, 15) is 13.5 Å². The van der Waals surface area contributed by atoms with Crippen LogP contribution < -0.4 is 0 Å². The predicted molar refractivity (Wildman–Crippen MR) is 99.7 cm³/mol. The number of rotatable bonds is 4. The highest BCUT2D eigenvalue weighted by molar-refractivity contribution is 7.89. The van der Waals surface area contributed by atoms with Crippen LogP contribution in [0.2, 0.25) is 0 Å². The van der Waals surface area contributed by atoms with Crippen LogP contribution in [0.4, 0.5) is 0 Å². The van der Waals surface area contributed by atoms with Crippen molar-refractivity contribution in [3.8, 4) is 0 Å². The number of hydrogen-bond donors (Lipinski definition) is 1. The number of benzene rings is 1. The van der Waals surface area contributed by atoms with E-state index in [0.29, 0.717) is 17.9 Å². The van der Waals surface area contributed by atoms with Gasteiger partial charge >= 0.3 is 0 Å². The van der Waals surface area contributed by atoms with Crippen molar-refractivity contribution in [1.82, 2.24) is 4.31 Å². The Labute approximate surface area is 152 Å². The van der Waals surface area contributed by atoms with E-state index in [1.54, 1.807) is 35.5 Å². The minimum atomic E-state index is -3.50. The first-order valence-electron chi connectivity index (χ1n) is 9.23. The summed E-state index contributed by atoms with van der Waals surface area (Å²) in [7, 11) is -3.50. The van der Waals surface area contributed by atoms with E-state index in [1.165, 1.54) is 0 Å². The fraction of sp³-hybridized carbons (Fsp3) is 0.700. The first kappa shape index (κ1) is 18.9. The van der Waals surface area contributed by atoms with Crippen molar-refractivity contribution in [1.29, 1.82) is 0 Å². The molecule has 4 nitrogen and oxygen atoms in total. The number of hydrogen-bond acceptors (Lipinski definition) is 3. The van der Waals surface area contributed by atoms with Crippen LogP contribution in [0.25, 0.3) is 0 Å². The molecule has 2 bridgehead atoms. The molecule has 1 aliphatic heterocycles. The van der Waals surface area contributed by atoms with Crippen molar-refractivity contribution in [3.63, 3.8) is 0 Å². The van der Waals surface area contributed by atoms with E-state index in [0.717, 1.165) is 24.8 Å². The summed E-state index contributed by atoms with van der Waals surface area (Å²) in [4.78, 5) is 0.331. The Morgan fingerprint density at radius 1 is 1.20 bits per heavy atom. The largest absolute Gasteiger partial charge is 0.385 e. The molecule has 1 heterocycles. The van der Waals surface area contributed by atoms with Crippen molar-refractivity contribution in [3.05, 3.63) is 29.8 Å². The molecule has 1 N–H and O–H groups in total. The minimum Gasteiger partial charge on any atom is -0.385 e. The van der Waals surface area contributed by atoms with Gasteiger partial charge in [-0.05, 0) is 61.1 Å². The zero-order valence-electron chi connectivity index (χ0n) is 16.0. The average molecular weight is 366 g/mol. The first-order chi connectivity index (χ1) is 11.4. The topological polar surface area (TPSA) is 57.6 Å². The second kappa shape index (κ2) is 5.80. The molecule has 1 aromatic rings. The lowest BCUT2D eigenvalue weighted by Crippen LogP contribution is -2.37. The smallest absolute Gasteiger partial charge is 0.243 e. The highest BCUT2D eigenvalue weighted by atomic mass is 32.2. The summed E-state index contributed by atoms with van der Waals surface area (Å²) in [5.74, 6) is 0. The number of aliphatic hydroxyl groups is 1. The van der Waals surface area contributed by atoms with E-state index in [1.807, 2.05) is 6.92 Å². The molecule has 1 saturated carbocycles. The molecule has 3 unspecified atom stereocenters. The van der Waals surface area contributed by atoms with Crippen LogP contribution in [-0.4, -0.2) is 30.4 Å². The molecule has 1 aliphatic carbocycles. The maximum atomic E-state index is 13.2. The van der Waals surface area contributed by atoms with Gasteiger partial charge in [-0.3, -0.25) is 0 Å². The molecule has 2 fully saturated rings. The Balaban J connectivity index is 1.90. The predicted octanol–water partition coefficient (Wildman–Crippen LogP) is 3.89. The zero-order chi connectivity index (χ0) is 18.7. The lowest BCUT2D eigenvalue weighted by molar-refractivity contribution is 0.0530. The first-order valence-corrected chi connectivity index (χ1v) is 10.7. The SMILES string of the molecule is CCC(C)(O)c1ccc(S(=O)(=O)N2CC3(C)CC2CC(C)(C)C3)cc1. The number of fused-ring (bicyclic) bond motifs is 2. The van der Waals surface area contributed by atoms with Gasteiger partial charge in [0, 0.05) is 12.6 Å². The lowest BCUT2D eigenvalue weighted by Gasteiger charge is -2.39. The highest BCUT2D eigenvalue weighted by Gasteiger charge is 2.53. The van der Waals surface area contributed by atoms with Crippen LogP contribution in [0.15, 0.2) is 29.2 Å². The molecular formula is C20H31NO3S. The van der Waals surface area contributed by atoms with Crippen LogP contribution in [0, 0.1) is 10.8 Å². The molecule has 1 saturated heterocycles. The van der Waals surface area contributed by atoms with Gasteiger partial charge in [-0.15, -0.1) is 0 Å². The Hall–Kier alpha value is -0.910. The summed E-state index contributed by atoms with van der Waals surface area (Å²) in [6.07, 6.45) is 3.53. The molecule has 140 valence electrons. The summed E-state index contributed by atoms with van der Waals surface area (Å²) >= 11 is 0. The molecule has 0 spiro atoms. The Morgan fingerprint density at radius 3 is 2.36 bits per heavy atom. The number of nitrogens with zero attached hydrogens (tertiary/aromatic N) is 1. The van der Waals surface area contributed by atoms with Gasteiger partial charge in [0.1, 0.15) is 0 Å². The van der Waals surface area contributed by atoms with Crippen molar-refractivity contribution in [2.45, 2.75) is 76.8 Å². The fourth-order valence-electron chi connectivity index (χ4n) is 5.01. The summed E-state index contributed by atoms with van der Waals surface area (Å²) in [5, 5.41) is 10.4. The van der Waals surface area contributed by atoms with Crippen LogP contribution in [-0.2, 0) is 15.6 Å². The van der Waals surface area contributed by atoms with Crippen LogP contribution in [0.1, 0.15) is 65.9 Å². The summed E-state index contributed by atoms with van der Waals surface area (Å²) in [6, 6.07) is 6.86. The maximum Gasteiger partial charge on any atom is 0.243 e. The molecule has 3 rings (SSSR count). The monoisotopic (exact) mass is 365 g/mol. The van der Waals surface area contributed by atoms with Gasteiger partial charge in [-0.1, -0.05) is 39.8 Å². The molecule has 2 aliphatic rings. The van der Waals surface area contributed by atoms with Crippen molar-refractivity contribution >= 4 is 10.0 Å². The average Bonchev–Trinajstić information content (AvgIpc) is 2.77. The molecule has 0 aromatic heterocycles. The Kier molecular flexibility index (Phi) is 4.37. The van der Waals surface area contributed by atoms with Gasteiger partial charge in [-0.25, -0.2) is 8.42 Å². The molecular weight excluding hydrogens is 334 g/mol. The van der Waals surface area contributed by atoms with Gasteiger partial charge in [0.2, 0.25) is 10.0 Å². The molecule has 25 heavy (non-hydrogen) atoms.